The molecule has 0 amide bonds. The van der Waals surface area contributed by atoms with Crippen molar-refractivity contribution in [2.45, 2.75) is 66.3 Å². The summed E-state index contributed by atoms with van der Waals surface area (Å²) in [4.78, 5) is 10.5. The van der Waals surface area contributed by atoms with Crippen molar-refractivity contribution in [3.8, 4) is 0 Å². The topological polar surface area (TPSA) is 43.1 Å². The average Bonchev–Trinajstić information content (AvgIpc) is 2.67. The van der Waals surface area contributed by atoms with Crippen molar-refractivity contribution in [2.75, 3.05) is 5.33 Å². The van der Waals surface area contributed by atoms with Gasteiger partial charge in [0.15, 0.2) is 0 Å². The molecule has 0 heterocycles. The molecule has 0 aromatic heterocycles. The number of nitrogens with two attached hydrogens (primary N) is 1. The molecule has 0 fully saturated rings. The third-order valence-electron chi connectivity index (χ3n) is 4.56. The normalized spacial score (nSPS) is 13.0. The molecule has 0 saturated carbocycles. The minimum Gasteiger partial charge on any atom is -0.326 e. The van der Waals surface area contributed by atoms with Gasteiger partial charge in [-0.25, -0.2) is 0 Å². The van der Waals surface area contributed by atoms with Gasteiger partial charge >= 0.3 is 0 Å². The van der Waals surface area contributed by atoms with E-state index in [1.165, 1.54) is 24.0 Å². The number of carbonyl (C=O) groups is 1. The van der Waals surface area contributed by atoms with E-state index in [2.05, 4.69) is 67.0 Å². The molecule has 0 radical (unpaired) electrons. The highest BCUT2D eigenvalue weighted by atomic mass is 79.9. The maximum atomic E-state index is 10.5. The molecule has 2 N–H and O–H groups in total. The van der Waals surface area contributed by atoms with E-state index >= 15 is 0 Å². The summed E-state index contributed by atoms with van der Waals surface area (Å²) in [6.07, 6.45) is 6.62. The molecular weight excluding hydrogens is 434 g/mol. The van der Waals surface area contributed by atoms with Crippen molar-refractivity contribution in [2.24, 2.45) is 11.1 Å². The number of hydrogen-bond acceptors (Lipinski definition) is 2. The molecule has 164 valence electrons. The smallest absolute Gasteiger partial charge is 0.150 e. The van der Waals surface area contributed by atoms with Crippen LogP contribution in [0, 0.1) is 5.41 Å². The van der Waals surface area contributed by atoms with Crippen LogP contribution in [0.3, 0.4) is 0 Å². The Morgan fingerprint density at radius 3 is 2.07 bits per heavy atom. The second-order valence-electron chi connectivity index (χ2n) is 9.74. The predicted octanol–water partition coefficient (Wildman–Crippen LogP) is 7.24. The number of hydrogen-bond donors (Lipinski definition) is 1. The fourth-order valence-corrected chi connectivity index (χ4v) is 3.43. The van der Waals surface area contributed by atoms with Crippen molar-refractivity contribution < 1.29 is 4.79 Å². The first-order valence-electron chi connectivity index (χ1n) is 10.6. The van der Waals surface area contributed by atoms with Gasteiger partial charge in [0.2, 0.25) is 0 Å². The number of aryl methyl sites for hydroxylation is 2. The molecule has 0 spiro atoms. The van der Waals surface area contributed by atoms with Gasteiger partial charge in [-0.3, -0.25) is 4.79 Å². The Hall–Kier alpha value is -1.71. The van der Waals surface area contributed by atoms with E-state index in [0.717, 1.165) is 29.2 Å². The number of halogens is 1. The van der Waals surface area contributed by atoms with Crippen LogP contribution in [-0.2, 0) is 12.8 Å². The Kier molecular flexibility index (Phi) is 10.7. The Labute approximate surface area is 192 Å². The van der Waals surface area contributed by atoms with E-state index in [4.69, 9.17) is 5.73 Å². The summed E-state index contributed by atoms with van der Waals surface area (Å²) in [5.41, 5.74) is 12.1. The first kappa shape index (κ1) is 26.3. The minimum atomic E-state index is 0. The van der Waals surface area contributed by atoms with E-state index in [0.29, 0.717) is 5.41 Å². The highest BCUT2D eigenvalue weighted by Gasteiger charge is 2.20. The molecule has 3 rings (SSSR count). The largest absolute Gasteiger partial charge is 0.326 e. The molecule has 1 aliphatic carbocycles. The lowest BCUT2D eigenvalue weighted by Crippen LogP contribution is -2.26. The summed E-state index contributed by atoms with van der Waals surface area (Å²) < 4.78 is 0. The van der Waals surface area contributed by atoms with Gasteiger partial charge < -0.3 is 5.73 Å². The SMILES string of the molecule is CC(C)(C)C1=Cc2ccccc2CC1.CC(C)(C)N.O=Cc1ccccc1CCBr. The van der Waals surface area contributed by atoms with Gasteiger partial charge in [-0.05, 0) is 62.1 Å². The van der Waals surface area contributed by atoms with Crippen LogP contribution in [0.4, 0.5) is 0 Å². The summed E-state index contributed by atoms with van der Waals surface area (Å²) in [5, 5.41) is 0.901. The van der Waals surface area contributed by atoms with Crippen LogP contribution < -0.4 is 5.73 Å². The third-order valence-corrected chi connectivity index (χ3v) is 4.95. The van der Waals surface area contributed by atoms with Gasteiger partial charge in [0.25, 0.3) is 0 Å². The lowest BCUT2D eigenvalue weighted by Gasteiger charge is -2.27. The summed E-state index contributed by atoms with van der Waals surface area (Å²) in [6, 6.07) is 16.4. The van der Waals surface area contributed by atoms with Gasteiger partial charge in [0, 0.05) is 16.4 Å². The van der Waals surface area contributed by atoms with E-state index in [1.54, 1.807) is 5.57 Å². The molecule has 0 unspecified atom stereocenters. The zero-order valence-electron chi connectivity index (χ0n) is 19.5. The van der Waals surface area contributed by atoms with Crippen LogP contribution in [0.25, 0.3) is 6.08 Å². The predicted molar refractivity (Wildman–Crippen MR) is 135 cm³/mol. The van der Waals surface area contributed by atoms with Crippen molar-refractivity contribution in [1.82, 2.24) is 0 Å². The molecular formula is C27H38BrNO. The fourth-order valence-electron chi connectivity index (χ4n) is 3.00. The Balaban J connectivity index is 0.000000251. The maximum absolute atomic E-state index is 10.5. The summed E-state index contributed by atoms with van der Waals surface area (Å²) in [5.74, 6) is 0. The van der Waals surface area contributed by atoms with Gasteiger partial charge in [0.05, 0.1) is 0 Å². The molecule has 0 atom stereocenters. The number of carbonyl (C=O) groups excluding carboxylic acids is 1. The van der Waals surface area contributed by atoms with E-state index in [1.807, 2.05) is 45.0 Å². The van der Waals surface area contributed by atoms with Crippen LogP contribution in [0.15, 0.2) is 54.1 Å². The summed E-state index contributed by atoms with van der Waals surface area (Å²) in [7, 11) is 0. The Morgan fingerprint density at radius 2 is 1.50 bits per heavy atom. The quantitative estimate of drug-likeness (QED) is 0.378. The molecule has 0 bridgehead atoms. The van der Waals surface area contributed by atoms with Gasteiger partial charge in [-0.15, -0.1) is 0 Å². The Bertz CT molecular complexity index is 819. The minimum absolute atomic E-state index is 0. The third kappa shape index (κ3) is 10.4. The van der Waals surface area contributed by atoms with E-state index < -0.39 is 0 Å². The number of benzene rings is 2. The molecule has 2 nitrogen and oxygen atoms in total. The van der Waals surface area contributed by atoms with E-state index in [-0.39, 0.29) is 5.54 Å². The second kappa shape index (κ2) is 12.2. The molecule has 1 aliphatic rings. The van der Waals surface area contributed by atoms with Gasteiger partial charge in [-0.1, -0.05) is 96.9 Å². The van der Waals surface area contributed by atoms with Crippen molar-refractivity contribution >= 4 is 28.3 Å². The van der Waals surface area contributed by atoms with Crippen LogP contribution in [0.5, 0.6) is 0 Å². The fraction of sp³-hybridized carbons (Fsp3) is 0.444. The maximum Gasteiger partial charge on any atom is 0.150 e. The number of alkyl halides is 1. The molecule has 30 heavy (non-hydrogen) atoms. The highest BCUT2D eigenvalue weighted by molar-refractivity contribution is 9.09. The molecule has 2 aromatic carbocycles. The monoisotopic (exact) mass is 471 g/mol. The van der Waals surface area contributed by atoms with Crippen molar-refractivity contribution in [3.63, 3.8) is 0 Å². The zero-order chi connectivity index (χ0) is 22.8. The first-order chi connectivity index (χ1) is 14.0. The number of allylic oxidation sites excluding steroid dienone is 1. The lowest BCUT2D eigenvalue weighted by molar-refractivity contribution is 0.112. The zero-order valence-corrected chi connectivity index (χ0v) is 21.1. The standard InChI is InChI=1S/C14H18.C9H9BrO.C4H11N/c1-14(2,3)13-9-8-11-6-4-5-7-12(11)10-13;10-6-5-8-3-1-2-4-9(8)7-11;1-4(2,3)5/h4-7,10H,8-9H2,1-3H3;1-4,7H,5-6H2;5H2,1-3H3. The number of rotatable bonds is 3. The van der Waals surface area contributed by atoms with Crippen LogP contribution in [0.2, 0.25) is 0 Å². The van der Waals surface area contributed by atoms with Gasteiger partial charge in [0.1, 0.15) is 6.29 Å². The first-order valence-corrected chi connectivity index (χ1v) is 11.7. The van der Waals surface area contributed by atoms with E-state index in [9.17, 15) is 4.79 Å². The summed E-state index contributed by atoms with van der Waals surface area (Å²) in [6.45, 7) is 12.8. The molecule has 3 heteroatoms. The second-order valence-corrected chi connectivity index (χ2v) is 10.5. The van der Waals surface area contributed by atoms with Crippen LogP contribution in [-0.4, -0.2) is 17.2 Å². The summed E-state index contributed by atoms with van der Waals surface area (Å²) >= 11 is 3.33. The Morgan fingerprint density at radius 1 is 0.933 bits per heavy atom. The number of fused-ring (bicyclic) bond motifs is 1. The average molecular weight is 473 g/mol. The molecule has 0 saturated heterocycles. The van der Waals surface area contributed by atoms with Crippen molar-refractivity contribution in [1.29, 1.82) is 0 Å². The van der Waals surface area contributed by atoms with Crippen LogP contribution >= 0.6 is 15.9 Å². The van der Waals surface area contributed by atoms with Crippen molar-refractivity contribution in [3.05, 3.63) is 76.4 Å². The lowest BCUT2D eigenvalue weighted by atomic mass is 9.78. The molecule has 2 aromatic rings. The number of aldehydes is 1. The highest BCUT2D eigenvalue weighted by Crippen LogP contribution is 2.34. The molecule has 0 aliphatic heterocycles. The van der Waals surface area contributed by atoms with Crippen LogP contribution in [0.1, 0.15) is 75.0 Å². The van der Waals surface area contributed by atoms with Gasteiger partial charge in [-0.2, -0.15) is 0 Å².